The number of para-hydroxylation sites is 2. The predicted octanol–water partition coefficient (Wildman–Crippen LogP) is 11.0. The van der Waals surface area contributed by atoms with Crippen molar-refractivity contribution in [1.82, 2.24) is 9.13 Å². The van der Waals surface area contributed by atoms with E-state index < -0.39 is 0 Å². The smallest absolute Gasteiger partial charge is 0.0995 e. The van der Waals surface area contributed by atoms with E-state index in [0.717, 1.165) is 74.6 Å². The standard InChI is InChI=1S/C46H32N4/c1-30-23-35(29-48)46-40-17-3-2-4-18-43(40)50(45(46)24-30)44-25-31(28-47)21-22-37(44)34-13-9-11-32(26-34)33-12-10-14-36(27-33)49-41-19-7-5-15-38(41)39-16-6-8-20-42(39)49/h2-17,19-23,25-27,30H,18,24H2,1H3/t30-/m1/s1. The molecule has 2 aliphatic carbocycles. The van der Waals surface area contributed by atoms with Crippen LogP contribution in [-0.4, -0.2) is 9.13 Å². The molecule has 4 nitrogen and oxygen atoms in total. The Morgan fingerprint density at radius 3 is 2.14 bits per heavy atom. The predicted molar refractivity (Wildman–Crippen MR) is 204 cm³/mol. The van der Waals surface area contributed by atoms with Crippen LogP contribution in [-0.2, 0) is 12.8 Å². The number of aromatic nitrogens is 2. The van der Waals surface area contributed by atoms with Crippen LogP contribution in [0.2, 0.25) is 0 Å². The second-order valence-corrected chi connectivity index (χ2v) is 13.2. The number of allylic oxidation sites excluding steroid dienone is 5. The van der Waals surface area contributed by atoms with E-state index in [9.17, 15) is 10.5 Å². The van der Waals surface area contributed by atoms with E-state index in [1.807, 2.05) is 12.1 Å². The van der Waals surface area contributed by atoms with Crippen LogP contribution >= 0.6 is 0 Å². The fourth-order valence-electron chi connectivity index (χ4n) is 8.02. The monoisotopic (exact) mass is 640 g/mol. The van der Waals surface area contributed by atoms with Crippen molar-refractivity contribution in [2.24, 2.45) is 5.92 Å². The molecule has 236 valence electrons. The summed E-state index contributed by atoms with van der Waals surface area (Å²) in [7, 11) is 0. The minimum Gasteiger partial charge on any atom is -0.316 e. The molecule has 0 radical (unpaired) electrons. The van der Waals surface area contributed by atoms with Gasteiger partial charge in [0.2, 0.25) is 0 Å². The van der Waals surface area contributed by atoms with Crippen LogP contribution in [0.15, 0.2) is 140 Å². The van der Waals surface area contributed by atoms with Gasteiger partial charge in [0.15, 0.2) is 0 Å². The molecule has 0 bridgehead atoms. The van der Waals surface area contributed by atoms with Gasteiger partial charge < -0.3 is 9.13 Å². The maximum absolute atomic E-state index is 10.2. The van der Waals surface area contributed by atoms with Gasteiger partial charge in [-0.3, -0.25) is 0 Å². The van der Waals surface area contributed by atoms with Crippen molar-refractivity contribution in [2.45, 2.75) is 19.8 Å². The summed E-state index contributed by atoms with van der Waals surface area (Å²) in [5.41, 5.74) is 14.5. The van der Waals surface area contributed by atoms with E-state index in [2.05, 4.69) is 162 Å². The van der Waals surface area contributed by atoms with Gasteiger partial charge in [-0.1, -0.05) is 110 Å². The Hall–Kier alpha value is -6.62. The van der Waals surface area contributed by atoms with E-state index in [4.69, 9.17) is 0 Å². The highest BCUT2D eigenvalue weighted by molar-refractivity contribution is 6.09. The van der Waals surface area contributed by atoms with E-state index in [1.165, 1.54) is 21.8 Å². The quantitative estimate of drug-likeness (QED) is 0.192. The first-order chi connectivity index (χ1) is 24.6. The molecule has 5 aromatic carbocycles. The molecule has 0 saturated heterocycles. The zero-order chi connectivity index (χ0) is 33.8. The molecule has 2 aromatic heterocycles. The van der Waals surface area contributed by atoms with Gasteiger partial charge in [0.25, 0.3) is 0 Å². The summed E-state index contributed by atoms with van der Waals surface area (Å²) >= 11 is 0. The molecule has 2 aliphatic rings. The first kappa shape index (κ1) is 29.5. The Bertz CT molecular complexity index is 2640. The number of benzene rings is 5. The Labute approximate surface area is 291 Å². The molecule has 0 N–H and O–H groups in total. The van der Waals surface area contributed by atoms with E-state index in [-0.39, 0.29) is 5.92 Å². The third-order valence-electron chi connectivity index (χ3n) is 10.1. The summed E-state index contributed by atoms with van der Waals surface area (Å²) in [6, 6.07) is 45.5. The third-order valence-corrected chi connectivity index (χ3v) is 10.1. The van der Waals surface area contributed by atoms with Crippen LogP contribution in [0.5, 0.6) is 0 Å². The molecule has 0 spiro atoms. The minimum absolute atomic E-state index is 0.224. The average Bonchev–Trinajstić information content (AvgIpc) is 3.54. The second-order valence-electron chi connectivity index (χ2n) is 13.2. The van der Waals surface area contributed by atoms with Crippen LogP contribution < -0.4 is 0 Å². The van der Waals surface area contributed by atoms with Gasteiger partial charge in [-0.2, -0.15) is 10.5 Å². The van der Waals surface area contributed by atoms with Crippen LogP contribution in [0.25, 0.3) is 67.1 Å². The fourth-order valence-corrected chi connectivity index (χ4v) is 8.02. The normalized spacial score (nSPS) is 14.9. The maximum Gasteiger partial charge on any atom is 0.0995 e. The topological polar surface area (TPSA) is 57.4 Å². The van der Waals surface area contributed by atoms with Crippen molar-refractivity contribution in [1.29, 1.82) is 10.5 Å². The Morgan fingerprint density at radius 1 is 0.660 bits per heavy atom. The van der Waals surface area contributed by atoms with Crippen molar-refractivity contribution in [2.75, 3.05) is 0 Å². The summed E-state index contributed by atoms with van der Waals surface area (Å²) < 4.78 is 4.70. The van der Waals surface area contributed by atoms with Crippen LogP contribution in [0.4, 0.5) is 0 Å². The van der Waals surface area contributed by atoms with Crippen molar-refractivity contribution < 1.29 is 0 Å². The highest BCUT2D eigenvalue weighted by Crippen LogP contribution is 2.42. The molecular formula is C46H32N4. The maximum atomic E-state index is 10.2. The number of rotatable bonds is 4. The van der Waals surface area contributed by atoms with Gasteiger partial charge in [-0.25, -0.2) is 0 Å². The average molecular weight is 641 g/mol. The third kappa shape index (κ3) is 4.66. The first-order valence-corrected chi connectivity index (χ1v) is 17.1. The summed E-state index contributed by atoms with van der Waals surface area (Å²) in [6.45, 7) is 2.17. The number of fused-ring (bicyclic) bond motifs is 6. The van der Waals surface area contributed by atoms with Crippen LogP contribution in [0.1, 0.15) is 35.0 Å². The number of hydrogen-bond donors (Lipinski definition) is 0. The molecule has 0 unspecified atom stereocenters. The van der Waals surface area contributed by atoms with Crippen molar-refractivity contribution in [3.8, 4) is 45.8 Å². The zero-order valence-corrected chi connectivity index (χ0v) is 27.6. The first-order valence-electron chi connectivity index (χ1n) is 17.1. The SMILES string of the molecule is C[C@@H]1C=C(C#N)c2c3c(n(-c4cc(C#N)ccc4-c4cccc(-c5cccc(-n6c7ccccc7c7ccccc76)c5)c4)c2C1)CC=CC=C3. The molecule has 0 amide bonds. The van der Waals surface area contributed by atoms with Gasteiger partial charge in [0.1, 0.15) is 0 Å². The van der Waals surface area contributed by atoms with E-state index in [0.29, 0.717) is 5.56 Å². The van der Waals surface area contributed by atoms with Crippen molar-refractivity contribution >= 4 is 33.5 Å². The molecule has 9 rings (SSSR count). The molecule has 0 saturated carbocycles. The molecule has 1 atom stereocenters. The summed E-state index contributed by atoms with van der Waals surface area (Å²) in [5.74, 6) is 0.224. The number of nitriles is 2. The highest BCUT2D eigenvalue weighted by atomic mass is 15.0. The molecule has 2 heterocycles. The Balaban J connectivity index is 1.21. The molecule has 50 heavy (non-hydrogen) atoms. The molecule has 7 aromatic rings. The largest absolute Gasteiger partial charge is 0.316 e. The van der Waals surface area contributed by atoms with Crippen molar-refractivity contribution in [3.05, 3.63) is 168 Å². The molecule has 0 aliphatic heterocycles. The summed E-state index contributed by atoms with van der Waals surface area (Å²) in [5, 5.41) is 22.8. The number of hydrogen-bond acceptors (Lipinski definition) is 2. The van der Waals surface area contributed by atoms with Gasteiger partial charge in [-0.05, 0) is 71.5 Å². The lowest BCUT2D eigenvalue weighted by molar-refractivity contribution is 0.681. The Morgan fingerprint density at radius 2 is 1.38 bits per heavy atom. The Kier molecular flexibility index (Phi) is 6.97. The highest BCUT2D eigenvalue weighted by Gasteiger charge is 2.30. The summed E-state index contributed by atoms with van der Waals surface area (Å²) in [4.78, 5) is 0. The second kappa shape index (κ2) is 11.8. The lowest BCUT2D eigenvalue weighted by Gasteiger charge is -2.22. The minimum atomic E-state index is 0.224. The van der Waals surface area contributed by atoms with Crippen LogP contribution in [0, 0.1) is 28.6 Å². The number of nitrogens with zero attached hydrogens (tertiary/aromatic N) is 4. The molecule has 4 heteroatoms. The van der Waals surface area contributed by atoms with Crippen molar-refractivity contribution in [3.63, 3.8) is 0 Å². The van der Waals surface area contributed by atoms with E-state index in [1.54, 1.807) is 0 Å². The van der Waals surface area contributed by atoms with E-state index >= 15 is 0 Å². The lowest BCUT2D eigenvalue weighted by atomic mass is 9.88. The van der Waals surface area contributed by atoms with Gasteiger partial charge in [0.05, 0.1) is 40.0 Å². The van der Waals surface area contributed by atoms with Gasteiger partial charge >= 0.3 is 0 Å². The molecular weight excluding hydrogens is 609 g/mol. The van der Waals surface area contributed by atoms with Gasteiger partial charge in [0, 0.05) is 51.0 Å². The van der Waals surface area contributed by atoms with Crippen LogP contribution in [0.3, 0.4) is 0 Å². The van der Waals surface area contributed by atoms with Gasteiger partial charge in [-0.15, -0.1) is 0 Å². The lowest BCUT2D eigenvalue weighted by Crippen LogP contribution is -2.13. The zero-order valence-electron chi connectivity index (χ0n) is 27.6. The molecule has 0 fully saturated rings. The fraction of sp³-hybridized carbons (Fsp3) is 0.0870. The summed E-state index contributed by atoms with van der Waals surface area (Å²) in [6.07, 6.45) is 12.1.